The van der Waals surface area contributed by atoms with Gasteiger partial charge in [-0.05, 0) is 42.5 Å². The van der Waals surface area contributed by atoms with Crippen LogP contribution in [-0.4, -0.2) is 8.32 Å². The van der Waals surface area contributed by atoms with Crippen LogP contribution in [0.25, 0.3) is 0 Å². The SMILES string of the molecule is C=CC(C)C1C=C(O[Si](C)(C)C(C)(C)C)CC1. The van der Waals surface area contributed by atoms with Crippen LogP contribution < -0.4 is 0 Å². The average molecular weight is 252 g/mol. The second-order valence-corrected chi connectivity index (χ2v) is 11.5. The van der Waals surface area contributed by atoms with Crippen LogP contribution >= 0.6 is 0 Å². The lowest BCUT2D eigenvalue weighted by molar-refractivity contribution is 0.372. The first-order valence-corrected chi connectivity index (χ1v) is 9.60. The zero-order chi connectivity index (χ0) is 13.3. The van der Waals surface area contributed by atoms with Gasteiger partial charge in [0.25, 0.3) is 0 Å². The lowest BCUT2D eigenvalue weighted by atomic mass is 9.94. The van der Waals surface area contributed by atoms with Crippen molar-refractivity contribution in [3.63, 3.8) is 0 Å². The Labute approximate surface area is 108 Å². The Bertz CT molecular complexity index is 309. The smallest absolute Gasteiger partial charge is 0.250 e. The molecule has 1 aliphatic carbocycles. The second kappa shape index (κ2) is 5.01. The fourth-order valence-electron chi connectivity index (χ4n) is 1.87. The highest BCUT2D eigenvalue weighted by molar-refractivity contribution is 6.74. The molecule has 2 unspecified atom stereocenters. The molecular weight excluding hydrogens is 224 g/mol. The van der Waals surface area contributed by atoms with E-state index in [1.807, 2.05) is 0 Å². The van der Waals surface area contributed by atoms with E-state index >= 15 is 0 Å². The van der Waals surface area contributed by atoms with Crippen molar-refractivity contribution < 1.29 is 4.43 Å². The average Bonchev–Trinajstić information content (AvgIpc) is 2.62. The van der Waals surface area contributed by atoms with Crippen LogP contribution in [0.5, 0.6) is 0 Å². The third-order valence-corrected chi connectivity index (χ3v) is 8.75. The molecule has 1 rings (SSSR count). The summed E-state index contributed by atoms with van der Waals surface area (Å²) >= 11 is 0. The van der Waals surface area contributed by atoms with E-state index in [1.165, 1.54) is 12.2 Å². The van der Waals surface area contributed by atoms with E-state index in [0.717, 1.165) is 6.42 Å². The van der Waals surface area contributed by atoms with Crippen LogP contribution in [-0.2, 0) is 4.43 Å². The van der Waals surface area contributed by atoms with Gasteiger partial charge in [-0.25, -0.2) is 0 Å². The minimum atomic E-state index is -1.64. The van der Waals surface area contributed by atoms with Crippen molar-refractivity contribution in [2.24, 2.45) is 11.8 Å². The Morgan fingerprint density at radius 1 is 1.47 bits per heavy atom. The van der Waals surface area contributed by atoms with Crippen molar-refractivity contribution in [1.29, 1.82) is 0 Å². The van der Waals surface area contributed by atoms with Crippen LogP contribution in [0.15, 0.2) is 24.5 Å². The van der Waals surface area contributed by atoms with Crippen molar-refractivity contribution in [1.82, 2.24) is 0 Å². The number of allylic oxidation sites excluding steroid dienone is 3. The maximum Gasteiger partial charge on any atom is 0.250 e. The molecule has 1 nitrogen and oxygen atoms in total. The summed E-state index contributed by atoms with van der Waals surface area (Å²) in [4.78, 5) is 0. The molecule has 0 saturated heterocycles. The topological polar surface area (TPSA) is 9.23 Å². The molecule has 0 aromatic carbocycles. The number of hydrogen-bond donors (Lipinski definition) is 0. The van der Waals surface area contributed by atoms with Crippen LogP contribution in [0, 0.1) is 11.8 Å². The van der Waals surface area contributed by atoms with Gasteiger partial charge in [-0.2, -0.15) is 0 Å². The summed E-state index contributed by atoms with van der Waals surface area (Å²) in [5, 5.41) is 0.288. The summed E-state index contributed by atoms with van der Waals surface area (Å²) in [5.41, 5.74) is 0. The Morgan fingerprint density at radius 2 is 2.06 bits per heavy atom. The van der Waals surface area contributed by atoms with Crippen molar-refractivity contribution in [2.45, 2.75) is 58.7 Å². The Hall–Kier alpha value is -0.503. The van der Waals surface area contributed by atoms with Crippen LogP contribution in [0.2, 0.25) is 18.1 Å². The minimum absolute atomic E-state index is 0.288. The molecule has 0 amide bonds. The van der Waals surface area contributed by atoms with E-state index in [2.05, 4.69) is 59.5 Å². The number of rotatable bonds is 4. The van der Waals surface area contributed by atoms with Crippen molar-refractivity contribution in [3.05, 3.63) is 24.5 Å². The fraction of sp³-hybridized carbons (Fsp3) is 0.733. The van der Waals surface area contributed by atoms with E-state index in [9.17, 15) is 0 Å². The highest BCUT2D eigenvalue weighted by Crippen LogP contribution is 2.40. The van der Waals surface area contributed by atoms with Crippen LogP contribution in [0.4, 0.5) is 0 Å². The molecule has 0 saturated carbocycles. The highest BCUT2D eigenvalue weighted by Gasteiger charge is 2.40. The van der Waals surface area contributed by atoms with E-state index in [1.54, 1.807) is 0 Å². The van der Waals surface area contributed by atoms with Crippen molar-refractivity contribution in [2.75, 3.05) is 0 Å². The summed E-state index contributed by atoms with van der Waals surface area (Å²) in [6.07, 6.45) is 6.72. The summed E-state index contributed by atoms with van der Waals surface area (Å²) in [6.45, 7) is 17.6. The van der Waals surface area contributed by atoms with Gasteiger partial charge in [0, 0.05) is 6.42 Å². The quantitative estimate of drug-likeness (QED) is 0.498. The van der Waals surface area contributed by atoms with Crippen LogP contribution in [0.3, 0.4) is 0 Å². The first-order chi connectivity index (χ1) is 7.67. The van der Waals surface area contributed by atoms with Gasteiger partial charge >= 0.3 is 0 Å². The predicted octanol–water partition coefficient (Wildman–Crippen LogP) is 5.12. The molecule has 0 aromatic heterocycles. The summed E-state index contributed by atoms with van der Waals surface area (Å²) < 4.78 is 6.35. The maximum atomic E-state index is 6.35. The molecule has 17 heavy (non-hydrogen) atoms. The molecule has 2 atom stereocenters. The van der Waals surface area contributed by atoms with Crippen LogP contribution in [0.1, 0.15) is 40.5 Å². The largest absolute Gasteiger partial charge is 0.547 e. The molecule has 0 fully saturated rings. The van der Waals surface area contributed by atoms with Crippen molar-refractivity contribution in [3.8, 4) is 0 Å². The third kappa shape index (κ3) is 3.48. The van der Waals surface area contributed by atoms with Gasteiger partial charge in [-0.1, -0.05) is 33.8 Å². The molecule has 0 aliphatic heterocycles. The maximum absolute atomic E-state index is 6.35. The molecule has 0 spiro atoms. The molecular formula is C15H28OSi. The molecule has 2 heteroatoms. The van der Waals surface area contributed by atoms with Gasteiger partial charge < -0.3 is 4.43 Å². The second-order valence-electron chi connectivity index (χ2n) is 6.79. The van der Waals surface area contributed by atoms with E-state index in [4.69, 9.17) is 4.43 Å². The predicted molar refractivity (Wildman–Crippen MR) is 78.5 cm³/mol. The number of hydrogen-bond acceptors (Lipinski definition) is 1. The van der Waals surface area contributed by atoms with E-state index < -0.39 is 8.32 Å². The molecule has 0 aromatic rings. The lowest BCUT2D eigenvalue weighted by Crippen LogP contribution is -2.40. The first kappa shape index (κ1) is 14.6. The Morgan fingerprint density at radius 3 is 2.53 bits per heavy atom. The third-order valence-electron chi connectivity index (χ3n) is 4.36. The normalized spacial score (nSPS) is 23.2. The highest BCUT2D eigenvalue weighted by atomic mass is 28.4. The van der Waals surface area contributed by atoms with E-state index in [-0.39, 0.29) is 5.04 Å². The van der Waals surface area contributed by atoms with Crippen molar-refractivity contribution >= 4 is 8.32 Å². The zero-order valence-electron chi connectivity index (χ0n) is 12.3. The fourth-order valence-corrected chi connectivity index (χ4v) is 3.00. The monoisotopic (exact) mass is 252 g/mol. The first-order valence-electron chi connectivity index (χ1n) is 6.69. The van der Waals surface area contributed by atoms with Gasteiger partial charge in [0.2, 0.25) is 8.32 Å². The molecule has 0 bridgehead atoms. The molecule has 98 valence electrons. The Balaban J connectivity index is 2.69. The molecule has 0 radical (unpaired) electrons. The zero-order valence-corrected chi connectivity index (χ0v) is 13.3. The lowest BCUT2D eigenvalue weighted by Gasteiger charge is -2.36. The molecule has 0 N–H and O–H groups in total. The van der Waals surface area contributed by atoms with Gasteiger partial charge in [-0.15, -0.1) is 6.58 Å². The van der Waals surface area contributed by atoms with Gasteiger partial charge in [0.15, 0.2) is 0 Å². The summed E-state index contributed by atoms with van der Waals surface area (Å²) in [7, 11) is -1.64. The van der Waals surface area contributed by atoms with Gasteiger partial charge in [0.1, 0.15) is 0 Å². The van der Waals surface area contributed by atoms with Gasteiger partial charge in [0.05, 0.1) is 5.76 Å². The molecule has 1 aliphatic rings. The molecule has 0 heterocycles. The van der Waals surface area contributed by atoms with Gasteiger partial charge in [-0.3, -0.25) is 0 Å². The summed E-state index contributed by atoms with van der Waals surface area (Å²) in [5.74, 6) is 2.43. The summed E-state index contributed by atoms with van der Waals surface area (Å²) in [6, 6.07) is 0. The Kier molecular flexibility index (Phi) is 4.29. The van der Waals surface area contributed by atoms with E-state index in [0.29, 0.717) is 11.8 Å². The minimum Gasteiger partial charge on any atom is -0.547 e. The standard InChI is InChI=1S/C15H28OSi/c1-8-12(2)13-9-10-14(11-13)16-17(6,7)15(3,4)5/h8,11-13H,1,9-10H2,2-7H3.